The van der Waals surface area contributed by atoms with E-state index >= 15 is 0 Å². The third kappa shape index (κ3) is 4.27. The molecule has 10 heteroatoms. The average molecular weight is 381 g/mol. The maximum absolute atomic E-state index is 12.7. The van der Waals surface area contributed by atoms with E-state index in [1.54, 1.807) is 18.9 Å². The summed E-state index contributed by atoms with van der Waals surface area (Å²) in [7, 11) is 1.78. The summed E-state index contributed by atoms with van der Waals surface area (Å²) in [6.07, 6.45) is -4.55. The lowest BCUT2D eigenvalue weighted by atomic mass is 10.2. The molecule has 0 aliphatic carbocycles. The highest BCUT2D eigenvalue weighted by Crippen LogP contribution is 2.29. The quantitative estimate of drug-likeness (QED) is 0.708. The van der Waals surface area contributed by atoms with Gasteiger partial charge in [-0.1, -0.05) is 5.16 Å². The SMILES string of the molecule is Cc1noc(C)c1CN(C)CC(=O)Nc1ccc2nc(C(F)(F)F)[nH]c2c1. The van der Waals surface area contributed by atoms with Crippen LogP contribution in [0.4, 0.5) is 18.9 Å². The van der Waals surface area contributed by atoms with Crippen LogP contribution in [0.3, 0.4) is 0 Å². The zero-order valence-electron chi connectivity index (χ0n) is 14.9. The minimum absolute atomic E-state index is 0.0961. The standard InChI is InChI=1S/C17H18F3N5O2/c1-9-12(10(2)27-24-9)7-25(3)8-15(26)21-11-4-5-13-14(6-11)23-16(22-13)17(18,19)20/h4-6H,7-8H2,1-3H3,(H,21,26)(H,22,23). The molecule has 3 rings (SSSR count). The van der Waals surface area contributed by atoms with Gasteiger partial charge < -0.3 is 14.8 Å². The van der Waals surface area contributed by atoms with Gasteiger partial charge in [0.15, 0.2) is 0 Å². The number of nitrogens with one attached hydrogen (secondary N) is 2. The Morgan fingerprint density at radius 3 is 2.70 bits per heavy atom. The van der Waals surface area contributed by atoms with E-state index in [2.05, 4.69) is 20.4 Å². The van der Waals surface area contributed by atoms with Gasteiger partial charge in [0, 0.05) is 17.8 Å². The number of hydrogen-bond donors (Lipinski definition) is 2. The number of halogens is 3. The summed E-state index contributed by atoms with van der Waals surface area (Å²) in [6.45, 7) is 4.22. The van der Waals surface area contributed by atoms with Crippen LogP contribution in [0.15, 0.2) is 22.7 Å². The van der Waals surface area contributed by atoms with Crippen LogP contribution < -0.4 is 5.32 Å². The second kappa shape index (κ2) is 7.03. The van der Waals surface area contributed by atoms with Crippen LogP contribution >= 0.6 is 0 Å². The topological polar surface area (TPSA) is 87.1 Å². The predicted molar refractivity (Wildman–Crippen MR) is 92.0 cm³/mol. The van der Waals surface area contributed by atoms with Crippen molar-refractivity contribution in [1.29, 1.82) is 0 Å². The summed E-state index contributed by atoms with van der Waals surface area (Å²) in [6, 6.07) is 4.35. The molecule has 0 saturated carbocycles. The summed E-state index contributed by atoms with van der Waals surface area (Å²) >= 11 is 0. The number of aromatic nitrogens is 3. The highest BCUT2D eigenvalue weighted by Gasteiger charge is 2.34. The Balaban J connectivity index is 1.65. The van der Waals surface area contributed by atoms with Crippen LogP contribution in [0.1, 0.15) is 22.8 Å². The Bertz CT molecular complexity index is 957. The fourth-order valence-corrected chi connectivity index (χ4v) is 2.72. The number of rotatable bonds is 5. The van der Waals surface area contributed by atoms with E-state index in [9.17, 15) is 18.0 Å². The van der Waals surface area contributed by atoms with Crippen molar-refractivity contribution in [3.05, 3.63) is 41.0 Å². The van der Waals surface area contributed by atoms with E-state index in [1.807, 2.05) is 6.92 Å². The summed E-state index contributed by atoms with van der Waals surface area (Å²) in [4.78, 5) is 19.7. The predicted octanol–water partition coefficient (Wildman–Crippen LogP) is 3.26. The molecule has 3 aromatic rings. The van der Waals surface area contributed by atoms with Gasteiger partial charge in [-0.2, -0.15) is 13.2 Å². The van der Waals surface area contributed by atoms with Crippen molar-refractivity contribution in [3.63, 3.8) is 0 Å². The fourth-order valence-electron chi connectivity index (χ4n) is 2.72. The van der Waals surface area contributed by atoms with Crippen LogP contribution in [0.2, 0.25) is 0 Å². The van der Waals surface area contributed by atoms with Gasteiger partial charge in [0.2, 0.25) is 11.7 Å². The first-order valence-electron chi connectivity index (χ1n) is 8.10. The Morgan fingerprint density at radius 1 is 1.33 bits per heavy atom. The molecule has 0 aliphatic heterocycles. The van der Waals surface area contributed by atoms with E-state index in [-0.39, 0.29) is 23.5 Å². The van der Waals surface area contributed by atoms with E-state index < -0.39 is 12.0 Å². The average Bonchev–Trinajstić information content (AvgIpc) is 3.12. The number of carbonyl (C=O) groups is 1. The molecule has 7 nitrogen and oxygen atoms in total. The molecule has 2 N–H and O–H groups in total. The molecule has 0 unspecified atom stereocenters. The molecule has 0 aliphatic rings. The minimum Gasteiger partial charge on any atom is -0.361 e. The van der Waals surface area contributed by atoms with Crippen LogP contribution in [-0.2, 0) is 17.5 Å². The van der Waals surface area contributed by atoms with E-state index in [1.165, 1.54) is 18.2 Å². The summed E-state index contributed by atoms with van der Waals surface area (Å²) in [5.74, 6) is -0.663. The molecule has 2 heterocycles. The zero-order chi connectivity index (χ0) is 19.8. The van der Waals surface area contributed by atoms with E-state index in [0.29, 0.717) is 18.0 Å². The number of likely N-dealkylation sites (N-methyl/N-ethyl adjacent to an activating group) is 1. The van der Waals surface area contributed by atoms with Gasteiger partial charge in [-0.3, -0.25) is 9.69 Å². The third-order valence-electron chi connectivity index (χ3n) is 4.06. The largest absolute Gasteiger partial charge is 0.449 e. The number of aromatic amines is 1. The van der Waals surface area contributed by atoms with E-state index in [4.69, 9.17) is 4.52 Å². The molecule has 0 atom stereocenters. The number of aryl methyl sites for hydroxylation is 2. The highest BCUT2D eigenvalue weighted by molar-refractivity contribution is 5.94. The number of amides is 1. The van der Waals surface area contributed by atoms with Crippen molar-refractivity contribution < 1.29 is 22.5 Å². The Labute approximate surface area is 152 Å². The smallest absolute Gasteiger partial charge is 0.361 e. The number of carbonyl (C=O) groups excluding carboxylic acids is 1. The van der Waals surface area contributed by atoms with E-state index in [0.717, 1.165) is 11.3 Å². The van der Waals surface area contributed by atoms with Crippen molar-refractivity contribution in [3.8, 4) is 0 Å². The second-order valence-electron chi connectivity index (χ2n) is 6.34. The number of imidazole rings is 1. The van der Waals surface area contributed by atoms with Gasteiger partial charge in [0.25, 0.3) is 0 Å². The van der Waals surface area contributed by atoms with Gasteiger partial charge in [-0.05, 0) is 39.1 Å². The number of anilines is 1. The van der Waals surface area contributed by atoms with Gasteiger partial charge in [-0.15, -0.1) is 0 Å². The lowest BCUT2D eigenvalue weighted by molar-refractivity contribution is -0.144. The molecular formula is C17H18F3N5O2. The molecule has 2 aromatic heterocycles. The van der Waals surface area contributed by atoms with Crippen molar-refractivity contribution in [1.82, 2.24) is 20.0 Å². The number of H-pyrrole nitrogens is 1. The van der Waals surface area contributed by atoms with Crippen LogP contribution in [0, 0.1) is 13.8 Å². The van der Waals surface area contributed by atoms with Crippen LogP contribution in [0.25, 0.3) is 11.0 Å². The van der Waals surface area contributed by atoms with Crippen molar-refractivity contribution in [2.75, 3.05) is 18.9 Å². The first-order chi connectivity index (χ1) is 12.6. The van der Waals surface area contributed by atoms with Gasteiger partial charge >= 0.3 is 6.18 Å². The number of alkyl halides is 3. The summed E-state index contributed by atoms with van der Waals surface area (Å²) < 4.78 is 43.2. The van der Waals surface area contributed by atoms with Gasteiger partial charge in [0.1, 0.15) is 5.76 Å². The van der Waals surface area contributed by atoms with Gasteiger partial charge in [-0.25, -0.2) is 4.98 Å². The molecule has 1 amide bonds. The Morgan fingerprint density at radius 2 is 2.07 bits per heavy atom. The number of nitrogens with zero attached hydrogens (tertiary/aromatic N) is 3. The zero-order valence-corrected chi connectivity index (χ0v) is 14.9. The summed E-state index contributed by atoms with van der Waals surface area (Å²) in [5, 5.41) is 6.55. The molecule has 0 radical (unpaired) electrons. The molecule has 144 valence electrons. The lowest BCUT2D eigenvalue weighted by Gasteiger charge is -2.16. The first kappa shape index (κ1) is 18.9. The number of hydrogen-bond acceptors (Lipinski definition) is 5. The Hall–Kier alpha value is -2.88. The summed E-state index contributed by atoms with van der Waals surface area (Å²) in [5.41, 5.74) is 2.45. The van der Waals surface area contributed by atoms with Crippen molar-refractivity contribution in [2.45, 2.75) is 26.6 Å². The van der Waals surface area contributed by atoms with Crippen molar-refractivity contribution >= 4 is 22.6 Å². The first-order valence-corrected chi connectivity index (χ1v) is 8.10. The third-order valence-corrected chi connectivity index (χ3v) is 4.06. The molecular weight excluding hydrogens is 363 g/mol. The molecule has 0 spiro atoms. The maximum Gasteiger partial charge on any atom is 0.449 e. The highest BCUT2D eigenvalue weighted by atomic mass is 19.4. The lowest BCUT2D eigenvalue weighted by Crippen LogP contribution is -2.30. The van der Waals surface area contributed by atoms with Crippen LogP contribution in [-0.4, -0.2) is 39.5 Å². The second-order valence-corrected chi connectivity index (χ2v) is 6.34. The monoisotopic (exact) mass is 381 g/mol. The van der Waals surface area contributed by atoms with Crippen molar-refractivity contribution in [2.24, 2.45) is 0 Å². The number of fused-ring (bicyclic) bond motifs is 1. The number of benzene rings is 1. The molecule has 0 fully saturated rings. The molecule has 0 saturated heterocycles. The molecule has 0 bridgehead atoms. The fraction of sp³-hybridized carbons (Fsp3) is 0.353. The molecule has 1 aromatic carbocycles. The normalized spacial score (nSPS) is 12.1. The Kier molecular flexibility index (Phi) is 4.92. The van der Waals surface area contributed by atoms with Gasteiger partial charge in [0.05, 0.1) is 23.3 Å². The minimum atomic E-state index is -4.55. The maximum atomic E-state index is 12.7. The van der Waals surface area contributed by atoms with Crippen LogP contribution in [0.5, 0.6) is 0 Å². The molecule has 27 heavy (non-hydrogen) atoms.